The van der Waals surface area contributed by atoms with E-state index in [1.165, 1.54) is 12.8 Å². The van der Waals surface area contributed by atoms with Gasteiger partial charge in [-0.15, -0.1) is 5.10 Å². The predicted octanol–water partition coefficient (Wildman–Crippen LogP) is 2.17. The Morgan fingerprint density at radius 2 is 2.05 bits per heavy atom. The molecular weight excluding hydrogens is 278 g/mol. The molecule has 114 valence electrons. The van der Waals surface area contributed by atoms with Gasteiger partial charge in [0.2, 0.25) is 5.91 Å². The Morgan fingerprint density at radius 1 is 1.18 bits per heavy atom. The summed E-state index contributed by atoms with van der Waals surface area (Å²) in [4.78, 5) is 12.2. The fraction of sp³-hybridized carbons (Fsp3) is 0.375. The lowest BCUT2D eigenvalue weighted by molar-refractivity contribution is -0.117. The Morgan fingerprint density at radius 3 is 2.91 bits per heavy atom. The summed E-state index contributed by atoms with van der Waals surface area (Å²) in [6.45, 7) is 0.318. The van der Waals surface area contributed by atoms with Crippen LogP contribution in [0.5, 0.6) is 0 Å². The van der Waals surface area contributed by atoms with E-state index in [0.29, 0.717) is 12.4 Å². The van der Waals surface area contributed by atoms with Crippen LogP contribution in [0.1, 0.15) is 37.9 Å². The van der Waals surface area contributed by atoms with Gasteiger partial charge < -0.3 is 5.32 Å². The lowest BCUT2D eigenvalue weighted by atomic mass is 10.1. The maximum Gasteiger partial charge on any atom is 0.247 e. The van der Waals surface area contributed by atoms with E-state index in [9.17, 15) is 4.79 Å². The summed E-state index contributed by atoms with van der Waals surface area (Å²) in [6.07, 6.45) is 7.35. The lowest BCUT2D eigenvalue weighted by Crippen LogP contribution is -2.26. The molecule has 1 N–H and O–H groups in total. The molecule has 3 rings (SSSR count). The fourth-order valence-electron chi connectivity index (χ4n) is 2.58. The fourth-order valence-corrected chi connectivity index (χ4v) is 2.58. The van der Waals surface area contributed by atoms with Crippen LogP contribution in [0, 0.1) is 0 Å². The molecule has 1 aliphatic carbocycles. The molecule has 0 saturated heterocycles. The molecule has 0 fully saturated rings. The summed E-state index contributed by atoms with van der Waals surface area (Å²) >= 11 is 0. The van der Waals surface area contributed by atoms with E-state index in [4.69, 9.17) is 0 Å². The zero-order valence-electron chi connectivity index (χ0n) is 12.4. The standard InChI is InChI=1S/C16H19N5O/c22-16(13-8-4-1-2-5-9-13)17-12-15-18-19-20-21(15)14-10-6-3-7-11-14/h3,6-8,10-11H,1-2,4-5,9,12H2,(H,17,22). The van der Waals surface area contributed by atoms with Crippen molar-refractivity contribution in [2.24, 2.45) is 0 Å². The number of carbonyl (C=O) groups is 1. The monoisotopic (exact) mass is 297 g/mol. The number of aromatic nitrogens is 4. The van der Waals surface area contributed by atoms with Crippen molar-refractivity contribution in [3.63, 3.8) is 0 Å². The first kappa shape index (κ1) is 14.4. The van der Waals surface area contributed by atoms with E-state index < -0.39 is 0 Å². The van der Waals surface area contributed by atoms with E-state index in [1.54, 1.807) is 4.68 Å². The molecule has 0 unspecified atom stereocenters. The third-order valence-electron chi connectivity index (χ3n) is 3.77. The second kappa shape index (κ2) is 6.98. The van der Waals surface area contributed by atoms with Crippen molar-refractivity contribution in [1.82, 2.24) is 25.5 Å². The highest BCUT2D eigenvalue weighted by molar-refractivity contribution is 5.93. The van der Waals surface area contributed by atoms with Crippen LogP contribution in [-0.4, -0.2) is 26.1 Å². The molecule has 0 bridgehead atoms. The molecule has 0 aliphatic heterocycles. The number of nitrogens with zero attached hydrogens (tertiary/aromatic N) is 4. The second-order valence-electron chi connectivity index (χ2n) is 5.35. The molecule has 6 heteroatoms. The predicted molar refractivity (Wildman–Crippen MR) is 82.2 cm³/mol. The van der Waals surface area contributed by atoms with E-state index in [1.807, 2.05) is 30.3 Å². The summed E-state index contributed by atoms with van der Waals surface area (Å²) in [5, 5.41) is 14.6. The van der Waals surface area contributed by atoms with Crippen LogP contribution in [0.15, 0.2) is 42.0 Å². The molecule has 0 radical (unpaired) electrons. The van der Waals surface area contributed by atoms with Crippen LogP contribution >= 0.6 is 0 Å². The number of hydrogen-bond acceptors (Lipinski definition) is 4. The minimum atomic E-state index is -0.00971. The number of nitrogens with one attached hydrogen (secondary N) is 1. The highest BCUT2D eigenvalue weighted by atomic mass is 16.1. The number of tetrazole rings is 1. The molecular formula is C16H19N5O. The highest BCUT2D eigenvalue weighted by Gasteiger charge is 2.13. The van der Waals surface area contributed by atoms with Gasteiger partial charge >= 0.3 is 0 Å². The van der Waals surface area contributed by atoms with E-state index in [-0.39, 0.29) is 5.91 Å². The first-order chi connectivity index (χ1) is 10.8. The third kappa shape index (κ3) is 3.39. The average Bonchev–Trinajstić information content (AvgIpc) is 2.86. The number of hydrogen-bond donors (Lipinski definition) is 1. The lowest BCUT2D eigenvalue weighted by Gasteiger charge is -2.08. The molecule has 0 atom stereocenters. The number of amides is 1. The van der Waals surface area contributed by atoms with E-state index >= 15 is 0 Å². The van der Waals surface area contributed by atoms with E-state index in [0.717, 1.165) is 30.5 Å². The maximum atomic E-state index is 12.2. The summed E-state index contributed by atoms with van der Waals surface area (Å²) < 4.78 is 1.64. The van der Waals surface area contributed by atoms with Gasteiger partial charge in [0.05, 0.1) is 12.2 Å². The van der Waals surface area contributed by atoms with Crippen LogP contribution in [0.3, 0.4) is 0 Å². The van der Waals surface area contributed by atoms with Crippen LogP contribution in [0.4, 0.5) is 0 Å². The van der Waals surface area contributed by atoms with Crippen molar-refractivity contribution in [2.75, 3.05) is 0 Å². The first-order valence-corrected chi connectivity index (χ1v) is 7.64. The zero-order valence-corrected chi connectivity index (χ0v) is 12.4. The van der Waals surface area contributed by atoms with Gasteiger partial charge in [0.25, 0.3) is 0 Å². The minimum Gasteiger partial charge on any atom is -0.345 e. The normalized spacial score (nSPS) is 15.0. The molecule has 0 saturated carbocycles. The van der Waals surface area contributed by atoms with Gasteiger partial charge in [0.1, 0.15) is 0 Å². The van der Waals surface area contributed by atoms with Crippen LogP contribution in [0.2, 0.25) is 0 Å². The summed E-state index contributed by atoms with van der Waals surface area (Å²) in [5.41, 5.74) is 1.77. The molecule has 1 aromatic carbocycles. The van der Waals surface area contributed by atoms with Gasteiger partial charge in [-0.25, -0.2) is 0 Å². The van der Waals surface area contributed by atoms with Gasteiger partial charge in [0, 0.05) is 5.57 Å². The Hall–Kier alpha value is -2.50. The molecule has 6 nitrogen and oxygen atoms in total. The van der Waals surface area contributed by atoms with Gasteiger partial charge in [-0.2, -0.15) is 4.68 Å². The second-order valence-corrected chi connectivity index (χ2v) is 5.35. The topological polar surface area (TPSA) is 72.7 Å². The number of carbonyl (C=O) groups excluding carboxylic acids is 1. The third-order valence-corrected chi connectivity index (χ3v) is 3.77. The molecule has 22 heavy (non-hydrogen) atoms. The molecule has 1 aliphatic rings. The van der Waals surface area contributed by atoms with Crippen molar-refractivity contribution in [2.45, 2.75) is 38.6 Å². The van der Waals surface area contributed by atoms with Gasteiger partial charge in [-0.3, -0.25) is 4.79 Å². The molecule has 1 amide bonds. The molecule has 1 heterocycles. The number of allylic oxidation sites excluding steroid dienone is 1. The smallest absolute Gasteiger partial charge is 0.247 e. The maximum absolute atomic E-state index is 12.2. The Bertz CT molecular complexity index is 662. The van der Waals surface area contributed by atoms with Crippen LogP contribution in [0.25, 0.3) is 5.69 Å². The molecule has 0 spiro atoms. The SMILES string of the molecule is O=C(NCc1nnnn1-c1ccccc1)C1=CCCCCC1. The van der Waals surface area contributed by atoms with Crippen LogP contribution < -0.4 is 5.32 Å². The molecule has 1 aromatic heterocycles. The first-order valence-electron chi connectivity index (χ1n) is 7.64. The highest BCUT2D eigenvalue weighted by Crippen LogP contribution is 2.17. The van der Waals surface area contributed by atoms with Crippen LogP contribution in [-0.2, 0) is 11.3 Å². The Labute approximate surface area is 129 Å². The quantitative estimate of drug-likeness (QED) is 0.938. The van der Waals surface area contributed by atoms with Crippen molar-refractivity contribution in [1.29, 1.82) is 0 Å². The minimum absolute atomic E-state index is 0.00971. The summed E-state index contributed by atoms with van der Waals surface area (Å²) in [5.74, 6) is 0.610. The van der Waals surface area contributed by atoms with Crippen molar-refractivity contribution in [3.8, 4) is 5.69 Å². The summed E-state index contributed by atoms with van der Waals surface area (Å²) in [7, 11) is 0. The Kier molecular flexibility index (Phi) is 4.58. The van der Waals surface area contributed by atoms with Crippen molar-refractivity contribution >= 4 is 5.91 Å². The van der Waals surface area contributed by atoms with Gasteiger partial charge in [-0.1, -0.05) is 30.7 Å². The molecule has 2 aromatic rings. The number of rotatable bonds is 4. The van der Waals surface area contributed by atoms with Crippen molar-refractivity contribution in [3.05, 3.63) is 47.8 Å². The van der Waals surface area contributed by atoms with E-state index in [2.05, 4.69) is 26.9 Å². The Balaban J connectivity index is 1.66. The summed E-state index contributed by atoms with van der Waals surface area (Å²) in [6, 6.07) is 9.64. The van der Waals surface area contributed by atoms with Gasteiger partial charge in [0.15, 0.2) is 5.82 Å². The average molecular weight is 297 g/mol. The van der Waals surface area contributed by atoms with Gasteiger partial charge in [-0.05, 0) is 48.2 Å². The number of para-hydroxylation sites is 1. The number of benzene rings is 1. The largest absolute Gasteiger partial charge is 0.345 e. The zero-order chi connectivity index (χ0) is 15.2. The van der Waals surface area contributed by atoms with Crippen molar-refractivity contribution < 1.29 is 4.79 Å².